The first kappa shape index (κ1) is 13.9. The van der Waals surface area contributed by atoms with Crippen molar-refractivity contribution in [2.24, 2.45) is 0 Å². The van der Waals surface area contributed by atoms with Gasteiger partial charge in [-0.25, -0.2) is 4.98 Å². The van der Waals surface area contributed by atoms with Crippen LogP contribution in [-0.2, 0) is 0 Å². The number of rotatable bonds is 5. The number of aromatic nitrogens is 1. The van der Waals surface area contributed by atoms with E-state index in [0.29, 0.717) is 22.9 Å². The van der Waals surface area contributed by atoms with E-state index in [2.05, 4.69) is 15.6 Å². The van der Waals surface area contributed by atoms with Crippen molar-refractivity contribution < 1.29 is 9.53 Å². The molecule has 20 heavy (non-hydrogen) atoms. The number of anilines is 2. The summed E-state index contributed by atoms with van der Waals surface area (Å²) in [4.78, 5) is 16.4. The van der Waals surface area contributed by atoms with Crippen LogP contribution >= 0.6 is 0 Å². The normalized spacial score (nSPS) is 9.90. The lowest BCUT2D eigenvalue weighted by Crippen LogP contribution is -2.14. The topological polar surface area (TPSA) is 63.2 Å². The highest BCUT2D eigenvalue weighted by Gasteiger charge is 2.08. The average Bonchev–Trinajstić information content (AvgIpc) is 2.48. The minimum Gasteiger partial charge on any atom is -0.497 e. The number of nitrogens with zero attached hydrogens (tertiary/aromatic N) is 1. The third kappa shape index (κ3) is 3.47. The second-order valence-electron chi connectivity index (χ2n) is 4.12. The first-order chi connectivity index (χ1) is 9.72. The van der Waals surface area contributed by atoms with Gasteiger partial charge in [-0.3, -0.25) is 4.79 Å². The molecule has 2 rings (SSSR count). The standard InChI is InChI=1S/C15H17N3O2/c1-3-16-14-9-5-8-13(18-14)15(19)17-11-6-4-7-12(10-11)20-2/h4-10H,3H2,1-2H3,(H,16,18)(H,17,19). The molecule has 0 saturated carbocycles. The Morgan fingerprint density at radius 1 is 1.25 bits per heavy atom. The lowest BCUT2D eigenvalue weighted by atomic mass is 10.2. The van der Waals surface area contributed by atoms with E-state index >= 15 is 0 Å². The molecule has 1 aromatic heterocycles. The van der Waals surface area contributed by atoms with Crippen LogP contribution in [0, 0.1) is 0 Å². The Labute approximate surface area is 118 Å². The molecule has 1 aromatic carbocycles. The molecule has 5 nitrogen and oxygen atoms in total. The van der Waals surface area contributed by atoms with Crippen LogP contribution in [0.15, 0.2) is 42.5 Å². The second-order valence-corrected chi connectivity index (χ2v) is 4.12. The van der Waals surface area contributed by atoms with Gasteiger partial charge in [-0.2, -0.15) is 0 Å². The third-order valence-electron chi connectivity index (χ3n) is 2.67. The average molecular weight is 271 g/mol. The number of carbonyl (C=O) groups excluding carboxylic acids is 1. The van der Waals surface area contributed by atoms with Crippen LogP contribution in [0.3, 0.4) is 0 Å². The summed E-state index contributed by atoms with van der Waals surface area (Å²) in [6.07, 6.45) is 0. The molecule has 2 N–H and O–H groups in total. The van der Waals surface area contributed by atoms with Gasteiger partial charge in [-0.05, 0) is 31.2 Å². The summed E-state index contributed by atoms with van der Waals surface area (Å²) in [5.74, 6) is 1.13. The molecule has 5 heteroatoms. The number of ether oxygens (including phenoxy) is 1. The van der Waals surface area contributed by atoms with Gasteiger partial charge < -0.3 is 15.4 Å². The van der Waals surface area contributed by atoms with Gasteiger partial charge in [-0.15, -0.1) is 0 Å². The minimum absolute atomic E-state index is 0.252. The van der Waals surface area contributed by atoms with Gasteiger partial charge in [0.2, 0.25) is 0 Å². The molecule has 104 valence electrons. The molecule has 0 radical (unpaired) electrons. The Morgan fingerprint density at radius 3 is 2.80 bits per heavy atom. The van der Waals surface area contributed by atoms with Crippen LogP contribution in [0.2, 0.25) is 0 Å². The molecule has 2 aromatic rings. The quantitative estimate of drug-likeness (QED) is 0.877. The Balaban J connectivity index is 2.12. The van der Waals surface area contributed by atoms with Crippen molar-refractivity contribution in [2.75, 3.05) is 24.3 Å². The van der Waals surface area contributed by atoms with Crippen molar-refractivity contribution >= 4 is 17.4 Å². The molecular formula is C15H17N3O2. The highest BCUT2D eigenvalue weighted by Crippen LogP contribution is 2.17. The summed E-state index contributed by atoms with van der Waals surface area (Å²) in [5.41, 5.74) is 1.04. The molecule has 1 amide bonds. The Hall–Kier alpha value is -2.56. The number of methoxy groups -OCH3 is 1. The SMILES string of the molecule is CCNc1cccc(C(=O)Nc2cccc(OC)c2)n1. The summed E-state index contributed by atoms with van der Waals surface area (Å²) in [7, 11) is 1.59. The van der Waals surface area contributed by atoms with Crippen molar-refractivity contribution in [3.05, 3.63) is 48.2 Å². The van der Waals surface area contributed by atoms with Crippen molar-refractivity contribution in [3.63, 3.8) is 0 Å². The van der Waals surface area contributed by atoms with Crippen LogP contribution in [0.5, 0.6) is 5.75 Å². The van der Waals surface area contributed by atoms with Crippen LogP contribution in [0.1, 0.15) is 17.4 Å². The zero-order valence-electron chi connectivity index (χ0n) is 11.5. The summed E-state index contributed by atoms with van der Waals surface area (Å²) in [5, 5.41) is 5.87. The summed E-state index contributed by atoms with van der Waals surface area (Å²) in [6, 6.07) is 12.5. The van der Waals surface area contributed by atoms with E-state index in [0.717, 1.165) is 6.54 Å². The van der Waals surface area contributed by atoms with Crippen LogP contribution < -0.4 is 15.4 Å². The van der Waals surface area contributed by atoms with Crippen molar-refractivity contribution in [1.82, 2.24) is 4.98 Å². The van der Waals surface area contributed by atoms with E-state index in [4.69, 9.17) is 4.74 Å². The van der Waals surface area contributed by atoms with Gasteiger partial charge in [0.25, 0.3) is 5.91 Å². The predicted octanol–water partition coefficient (Wildman–Crippen LogP) is 2.77. The smallest absolute Gasteiger partial charge is 0.274 e. The fourth-order valence-electron chi connectivity index (χ4n) is 1.74. The van der Waals surface area contributed by atoms with E-state index < -0.39 is 0 Å². The van der Waals surface area contributed by atoms with Gasteiger partial charge in [0.15, 0.2) is 0 Å². The lowest BCUT2D eigenvalue weighted by Gasteiger charge is -2.08. The van der Waals surface area contributed by atoms with E-state index in [1.165, 1.54) is 0 Å². The molecule has 0 unspecified atom stereocenters. The number of pyridine rings is 1. The van der Waals surface area contributed by atoms with Gasteiger partial charge >= 0.3 is 0 Å². The van der Waals surface area contributed by atoms with Crippen molar-refractivity contribution in [3.8, 4) is 5.75 Å². The first-order valence-corrected chi connectivity index (χ1v) is 6.39. The van der Waals surface area contributed by atoms with Crippen molar-refractivity contribution in [2.45, 2.75) is 6.92 Å². The maximum atomic E-state index is 12.1. The van der Waals surface area contributed by atoms with E-state index in [-0.39, 0.29) is 5.91 Å². The fourth-order valence-corrected chi connectivity index (χ4v) is 1.74. The van der Waals surface area contributed by atoms with Gasteiger partial charge in [0.1, 0.15) is 17.3 Å². The minimum atomic E-state index is -0.252. The number of hydrogen-bond donors (Lipinski definition) is 2. The van der Waals surface area contributed by atoms with Crippen molar-refractivity contribution in [1.29, 1.82) is 0 Å². The largest absolute Gasteiger partial charge is 0.497 e. The van der Waals surface area contributed by atoms with E-state index in [9.17, 15) is 4.79 Å². The monoisotopic (exact) mass is 271 g/mol. The highest BCUT2D eigenvalue weighted by atomic mass is 16.5. The number of hydrogen-bond acceptors (Lipinski definition) is 4. The van der Waals surface area contributed by atoms with Gasteiger partial charge in [-0.1, -0.05) is 12.1 Å². The lowest BCUT2D eigenvalue weighted by molar-refractivity contribution is 0.102. The molecule has 1 heterocycles. The van der Waals surface area contributed by atoms with Gasteiger partial charge in [0, 0.05) is 18.3 Å². The van der Waals surface area contributed by atoms with E-state index in [1.807, 2.05) is 25.1 Å². The molecule has 0 saturated heterocycles. The van der Waals surface area contributed by atoms with Gasteiger partial charge in [0.05, 0.1) is 7.11 Å². The van der Waals surface area contributed by atoms with E-state index in [1.54, 1.807) is 31.4 Å². The summed E-state index contributed by atoms with van der Waals surface area (Å²) < 4.78 is 5.12. The third-order valence-corrected chi connectivity index (χ3v) is 2.67. The number of amides is 1. The molecule has 0 atom stereocenters. The number of benzene rings is 1. The zero-order valence-corrected chi connectivity index (χ0v) is 11.5. The maximum absolute atomic E-state index is 12.1. The molecule has 0 aliphatic carbocycles. The fraction of sp³-hybridized carbons (Fsp3) is 0.200. The predicted molar refractivity (Wildman–Crippen MR) is 79.3 cm³/mol. The molecule has 0 spiro atoms. The first-order valence-electron chi connectivity index (χ1n) is 6.39. The Kier molecular flexibility index (Phi) is 4.55. The molecule has 0 aliphatic rings. The zero-order chi connectivity index (χ0) is 14.4. The van der Waals surface area contributed by atoms with Crippen LogP contribution in [0.4, 0.5) is 11.5 Å². The number of carbonyl (C=O) groups is 1. The summed E-state index contributed by atoms with van der Waals surface area (Å²) in [6.45, 7) is 2.73. The molecular weight excluding hydrogens is 254 g/mol. The Bertz CT molecular complexity index is 599. The molecule has 0 bridgehead atoms. The number of nitrogens with one attached hydrogen (secondary N) is 2. The van der Waals surface area contributed by atoms with Crippen LogP contribution in [-0.4, -0.2) is 24.5 Å². The summed E-state index contributed by atoms with van der Waals surface area (Å²) >= 11 is 0. The Morgan fingerprint density at radius 2 is 2.05 bits per heavy atom. The second kappa shape index (κ2) is 6.56. The van der Waals surface area contributed by atoms with Crippen LogP contribution in [0.25, 0.3) is 0 Å². The maximum Gasteiger partial charge on any atom is 0.274 e. The molecule has 0 fully saturated rings. The highest BCUT2D eigenvalue weighted by molar-refractivity contribution is 6.03. The molecule has 0 aliphatic heterocycles.